The van der Waals surface area contributed by atoms with E-state index in [9.17, 15) is 13.2 Å². The van der Waals surface area contributed by atoms with E-state index in [0.717, 1.165) is 22.1 Å². The maximum absolute atomic E-state index is 13.5. The number of hydrogen-bond donors (Lipinski definition) is 1. The quantitative estimate of drug-likeness (QED) is 0.338. The molecular formula is C28H25ClN2O5S. The van der Waals surface area contributed by atoms with Crippen molar-refractivity contribution in [2.75, 3.05) is 24.0 Å². The van der Waals surface area contributed by atoms with E-state index in [1.54, 1.807) is 36.4 Å². The Morgan fingerprint density at radius 2 is 1.81 bits per heavy atom. The lowest BCUT2D eigenvalue weighted by molar-refractivity contribution is -0.127. The average molecular weight is 537 g/mol. The first kappa shape index (κ1) is 24.9. The zero-order valence-corrected chi connectivity index (χ0v) is 21.6. The second-order valence-electron chi connectivity index (χ2n) is 8.68. The van der Waals surface area contributed by atoms with Gasteiger partial charge < -0.3 is 14.8 Å². The summed E-state index contributed by atoms with van der Waals surface area (Å²) in [6.45, 7) is 2.15. The summed E-state index contributed by atoms with van der Waals surface area (Å²) in [6, 6.07) is 24.9. The second kappa shape index (κ2) is 10.3. The molecule has 0 saturated carbocycles. The number of amides is 1. The fourth-order valence-corrected chi connectivity index (χ4v) is 5.83. The Morgan fingerprint density at radius 3 is 2.62 bits per heavy atom. The minimum absolute atomic E-state index is 0.119. The third kappa shape index (κ3) is 5.21. The van der Waals surface area contributed by atoms with Gasteiger partial charge in [0.05, 0.1) is 23.7 Å². The van der Waals surface area contributed by atoms with Gasteiger partial charge in [0.2, 0.25) is 0 Å². The predicted molar refractivity (Wildman–Crippen MR) is 144 cm³/mol. The highest BCUT2D eigenvalue weighted by Crippen LogP contribution is 2.39. The van der Waals surface area contributed by atoms with E-state index in [1.165, 1.54) is 10.4 Å². The molecule has 9 heteroatoms. The lowest BCUT2D eigenvalue weighted by Gasteiger charge is -2.34. The van der Waals surface area contributed by atoms with Gasteiger partial charge in [0, 0.05) is 10.4 Å². The van der Waals surface area contributed by atoms with Crippen LogP contribution in [-0.2, 0) is 14.8 Å². The van der Waals surface area contributed by atoms with Crippen molar-refractivity contribution in [1.29, 1.82) is 0 Å². The van der Waals surface area contributed by atoms with E-state index >= 15 is 0 Å². The summed E-state index contributed by atoms with van der Waals surface area (Å²) in [6.07, 6.45) is -1.05. The average Bonchev–Trinajstić information content (AvgIpc) is 2.90. The Morgan fingerprint density at radius 1 is 1.05 bits per heavy atom. The van der Waals surface area contributed by atoms with Crippen molar-refractivity contribution in [3.63, 3.8) is 0 Å². The van der Waals surface area contributed by atoms with E-state index in [-0.39, 0.29) is 36.0 Å². The van der Waals surface area contributed by atoms with Crippen LogP contribution in [0.5, 0.6) is 11.5 Å². The number of ether oxygens (including phenoxy) is 2. The molecule has 4 aromatic carbocycles. The van der Waals surface area contributed by atoms with Gasteiger partial charge in [-0.15, -0.1) is 0 Å². The summed E-state index contributed by atoms with van der Waals surface area (Å²) < 4.78 is 40.0. The van der Waals surface area contributed by atoms with Crippen LogP contribution in [0.25, 0.3) is 10.8 Å². The molecule has 5 rings (SSSR count). The van der Waals surface area contributed by atoms with E-state index < -0.39 is 22.0 Å². The Labute approximate surface area is 220 Å². The van der Waals surface area contributed by atoms with Crippen LogP contribution in [0.1, 0.15) is 5.56 Å². The highest BCUT2D eigenvalue weighted by atomic mass is 35.5. The topological polar surface area (TPSA) is 84.9 Å². The van der Waals surface area contributed by atoms with Gasteiger partial charge in [-0.2, -0.15) is 0 Å². The number of fused-ring (bicyclic) bond motifs is 2. The molecule has 0 saturated heterocycles. The number of sulfonamides is 1. The fraction of sp³-hybridized carbons (Fsp3) is 0.179. The van der Waals surface area contributed by atoms with Crippen LogP contribution in [0.3, 0.4) is 0 Å². The third-order valence-corrected chi connectivity index (χ3v) is 8.13. The second-order valence-corrected chi connectivity index (χ2v) is 11.0. The number of halogens is 1. The first-order valence-electron chi connectivity index (χ1n) is 11.8. The molecule has 190 valence electrons. The smallest absolute Gasteiger partial charge is 0.264 e. The SMILES string of the molecule is Cc1ccc(S(=O)(=O)N2C[C@H](C(=O)NCCOc3cccc4ccccc34)Oc3ccc(Cl)cc32)cc1. The summed E-state index contributed by atoms with van der Waals surface area (Å²) >= 11 is 6.16. The Balaban J connectivity index is 1.30. The Kier molecular flexibility index (Phi) is 6.95. The van der Waals surface area contributed by atoms with Crippen molar-refractivity contribution in [3.8, 4) is 11.5 Å². The lowest BCUT2D eigenvalue weighted by atomic mass is 10.1. The van der Waals surface area contributed by atoms with Crippen LogP contribution in [0.15, 0.2) is 89.8 Å². The van der Waals surface area contributed by atoms with Gasteiger partial charge in [-0.1, -0.05) is 65.7 Å². The number of hydrogen-bond acceptors (Lipinski definition) is 5. The molecule has 1 amide bonds. The number of benzene rings is 4. The summed E-state index contributed by atoms with van der Waals surface area (Å²) in [4.78, 5) is 13.1. The van der Waals surface area contributed by atoms with Crippen LogP contribution in [-0.4, -0.2) is 40.1 Å². The zero-order chi connectivity index (χ0) is 26.0. The molecule has 0 aromatic heterocycles. The van der Waals surface area contributed by atoms with Crippen molar-refractivity contribution in [1.82, 2.24) is 5.32 Å². The number of nitrogens with zero attached hydrogens (tertiary/aromatic N) is 1. The van der Waals surface area contributed by atoms with Crippen LogP contribution in [0, 0.1) is 6.92 Å². The largest absolute Gasteiger partial charge is 0.491 e. The van der Waals surface area contributed by atoms with Crippen LogP contribution < -0.4 is 19.1 Å². The molecule has 0 radical (unpaired) electrons. The molecule has 0 fully saturated rings. The van der Waals surface area contributed by atoms with Crippen LogP contribution in [0.4, 0.5) is 5.69 Å². The van der Waals surface area contributed by atoms with Crippen LogP contribution in [0.2, 0.25) is 5.02 Å². The van der Waals surface area contributed by atoms with Crippen molar-refractivity contribution in [2.45, 2.75) is 17.9 Å². The van der Waals surface area contributed by atoms with Gasteiger partial charge in [-0.05, 0) is 48.7 Å². The van der Waals surface area contributed by atoms with Crippen molar-refractivity contribution in [2.24, 2.45) is 0 Å². The highest BCUT2D eigenvalue weighted by molar-refractivity contribution is 7.92. The summed E-state index contributed by atoms with van der Waals surface area (Å²) in [5.74, 6) is 0.548. The maximum Gasteiger partial charge on any atom is 0.264 e. The summed E-state index contributed by atoms with van der Waals surface area (Å²) in [5.41, 5.74) is 1.23. The highest BCUT2D eigenvalue weighted by Gasteiger charge is 2.37. The van der Waals surface area contributed by atoms with Crippen molar-refractivity contribution in [3.05, 3.63) is 95.5 Å². The first-order valence-corrected chi connectivity index (χ1v) is 13.6. The molecule has 0 bridgehead atoms. The minimum atomic E-state index is -3.97. The van der Waals surface area contributed by atoms with Gasteiger partial charge in [0.15, 0.2) is 6.10 Å². The van der Waals surface area contributed by atoms with E-state index in [4.69, 9.17) is 21.1 Å². The molecule has 4 aromatic rings. The van der Waals surface area contributed by atoms with Crippen LogP contribution >= 0.6 is 11.6 Å². The number of rotatable bonds is 7. The van der Waals surface area contributed by atoms with E-state index in [0.29, 0.717) is 5.02 Å². The van der Waals surface area contributed by atoms with Gasteiger partial charge >= 0.3 is 0 Å². The van der Waals surface area contributed by atoms with E-state index in [2.05, 4.69) is 5.32 Å². The Hall–Kier alpha value is -3.75. The third-order valence-electron chi connectivity index (χ3n) is 6.10. The summed E-state index contributed by atoms with van der Waals surface area (Å²) in [5, 5.41) is 5.21. The fourth-order valence-electron chi connectivity index (χ4n) is 4.20. The molecule has 1 heterocycles. The lowest BCUT2D eigenvalue weighted by Crippen LogP contribution is -2.51. The monoisotopic (exact) mass is 536 g/mol. The number of carbonyl (C=O) groups is 1. The molecule has 7 nitrogen and oxygen atoms in total. The molecule has 1 aliphatic rings. The molecule has 1 aliphatic heterocycles. The minimum Gasteiger partial charge on any atom is -0.491 e. The maximum atomic E-state index is 13.5. The number of carbonyl (C=O) groups excluding carboxylic acids is 1. The van der Waals surface area contributed by atoms with Gasteiger partial charge in [0.1, 0.15) is 18.1 Å². The molecule has 1 atom stereocenters. The van der Waals surface area contributed by atoms with Gasteiger partial charge in [-0.3, -0.25) is 9.10 Å². The van der Waals surface area contributed by atoms with Crippen molar-refractivity contribution < 1.29 is 22.7 Å². The van der Waals surface area contributed by atoms with Gasteiger partial charge in [-0.25, -0.2) is 8.42 Å². The van der Waals surface area contributed by atoms with Crippen molar-refractivity contribution >= 4 is 44.0 Å². The van der Waals surface area contributed by atoms with Gasteiger partial charge in [0.25, 0.3) is 15.9 Å². The molecule has 37 heavy (non-hydrogen) atoms. The predicted octanol–water partition coefficient (Wildman–Crippen LogP) is 4.95. The normalized spacial score (nSPS) is 15.1. The number of nitrogens with one attached hydrogen (secondary N) is 1. The molecule has 0 aliphatic carbocycles. The zero-order valence-electron chi connectivity index (χ0n) is 20.1. The van der Waals surface area contributed by atoms with E-state index in [1.807, 2.05) is 49.4 Å². The number of aryl methyl sites for hydroxylation is 1. The Bertz CT molecular complexity index is 1550. The summed E-state index contributed by atoms with van der Waals surface area (Å²) in [7, 11) is -3.97. The first-order chi connectivity index (χ1) is 17.8. The molecule has 0 spiro atoms. The molecular weight excluding hydrogens is 512 g/mol. The standard InChI is InChI=1S/C28H25ClN2O5S/c1-19-9-12-22(13-10-19)37(33,34)31-18-27(36-26-14-11-21(29)17-24(26)31)28(32)30-15-16-35-25-8-4-6-20-5-2-3-7-23(20)25/h2-14,17,27H,15-16,18H2,1H3,(H,30,32)/t27-/m1/s1. The molecule has 0 unspecified atom stereocenters. The molecule has 1 N–H and O–H groups in total. The number of anilines is 1.